The van der Waals surface area contributed by atoms with Gasteiger partial charge in [-0.25, -0.2) is 8.42 Å². The van der Waals surface area contributed by atoms with E-state index in [2.05, 4.69) is 5.10 Å². The first-order chi connectivity index (χ1) is 12.0. The van der Waals surface area contributed by atoms with E-state index in [-0.39, 0.29) is 54.0 Å². The normalized spacial score (nSPS) is 23.0. The summed E-state index contributed by atoms with van der Waals surface area (Å²) in [5, 5.41) is 25.7. The van der Waals surface area contributed by atoms with E-state index in [1.807, 2.05) is 0 Å². The van der Waals surface area contributed by atoms with Gasteiger partial charge in [0.2, 0.25) is 5.91 Å². The van der Waals surface area contributed by atoms with Crippen molar-refractivity contribution in [3.05, 3.63) is 23.2 Å². The molecule has 1 N–H and O–H groups in total. The minimum Gasteiger partial charge on any atom is -0.543 e. The Balaban J connectivity index is 0.00000261. The number of aliphatic hydroxyl groups excluding tert-OH is 1. The maximum Gasteiger partial charge on any atom is 1.00 e. The molecule has 1 fully saturated rings. The van der Waals surface area contributed by atoms with Gasteiger partial charge in [0, 0.05) is 17.5 Å². The fourth-order valence-corrected chi connectivity index (χ4v) is 4.13. The molecule has 1 saturated heterocycles. The van der Waals surface area contributed by atoms with Gasteiger partial charge in [0.25, 0.3) is 0 Å². The Morgan fingerprint density at radius 1 is 1.48 bits per heavy atom. The number of sulfone groups is 1. The van der Waals surface area contributed by atoms with Gasteiger partial charge in [0.1, 0.15) is 9.84 Å². The van der Waals surface area contributed by atoms with Crippen LogP contribution in [0.15, 0.2) is 11.8 Å². The van der Waals surface area contributed by atoms with E-state index in [0.29, 0.717) is 17.0 Å². The summed E-state index contributed by atoms with van der Waals surface area (Å²) in [4.78, 5) is 25.0. The fraction of sp³-hybridized carbons (Fsp3) is 0.562. The van der Waals surface area contributed by atoms with Gasteiger partial charge in [0.15, 0.2) is 0 Å². The maximum atomic E-state index is 12.2. The van der Waals surface area contributed by atoms with Crippen LogP contribution in [-0.4, -0.2) is 64.2 Å². The number of carboxylic acid groups (broad SMARTS) is 1. The fourth-order valence-electron chi connectivity index (χ4n) is 3.62. The molecule has 1 aromatic heterocycles. The van der Waals surface area contributed by atoms with E-state index in [4.69, 9.17) is 0 Å². The minimum atomic E-state index is -3.16. The Morgan fingerprint density at radius 2 is 2.11 bits per heavy atom. The number of aromatic nitrogens is 2. The number of hydrogen-bond donors (Lipinski definition) is 1. The van der Waals surface area contributed by atoms with Crippen molar-refractivity contribution in [2.45, 2.75) is 39.0 Å². The van der Waals surface area contributed by atoms with Crippen molar-refractivity contribution >= 4 is 27.3 Å². The van der Waals surface area contributed by atoms with Crippen molar-refractivity contribution in [3.63, 3.8) is 0 Å². The third-order valence-electron chi connectivity index (χ3n) is 4.89. The van der Waals surface area contributed by atoms with Crippen LogP contribution >= 0.6 is 0 Å². The molecule has 0 unspecified atom stereocenters. The van der Waals surface area contributed by atoms with E-state index >= 15 is 0 Å². The van der Waals surface area contributed by atoms with Crippen LogP contribution < -0.4 is 34.7 Å². The molecule has 0 radical (unpaired) electrons. The maximum absolute atomic E-state index is 12.2. The zero-order valence-corrected chi connectivity index (χ0v) is 18.5. The number of amides is 1. The van der Waals surface area contributed by atoms with Crippen LogP contribution in [0.5, 0.6) is 0 Å². The summed E-state index contributed by atoms with van der Waals surface area (Å²) in [6.07, 6.45) is 0.514. The molecule has 2 aliphatic heterocycles. The van der Waals surface area contributed by atoms with Gasteiger partial charge in [-0.15, -0.1) is 0 Å². The average Bonchev–Trinajstić information content (AvgIpc) is 3.02. The Hall–Kier alpha value is -1.20. The molecule has 9 nitrogen and oxygen atoms in total. The number of nitrogens with zero attached hydrogens (tertiary/aromatic N) is 3. The minimum absolute atomic E-state index is 0. The Kier molecular flexibility index (Phi) is 6.27. The molecule has 2 aliphatic rings. The van der Waals surface area contributed by atoms with Crippen LogP contribution in [0.3, 0.4) is 0 Å². The summed E-state index contributed by atoms with van der Waals surface area (Å²) in [7, 11) is -3.16. The van der Waals surface area contributed by atoms with Gasteiger partial charge in [-0.2, -0.15) is 5.10 Å². The molecule has 0 saturated carbocycles. The van der Waals surface area contributed by atoms with Crippen molar-refractivity contribution < 1.29 is 57.8 Å². The number of aliphatic hydroxyl groups is 1. The van der Waals surface area contributed by atoms with Crippen LogP contribution in [0, 0.1) is 12.8 Å². The molecular formula is C16H20N3NaO6S. The molecule has 142 valence electrons. The predicted molar refractivity (Wildman–Crippen MR) is 89.0 cm³/mol. The van der Waals surface area contributed by atoms with Gasteiger partial charge in [0.05, 0.1) is 47.7 Å². The van der Waals surface area contributed by atoms with Gasteiger partial charge < -0.3 is 19.9 Å². The third kappa shape index (κ3) is 4.00. The zero-order valence-electron chi connectivity index (χ0n) is 15.7. The summed E-state index contributed by atoms with van der Waals surface area (Å²) in [6.45, 7) is 3.40. The van der Waals surface area contributed by atoms with Crippen LogP contribution in [0.2, 0.25) is 0 Å². The topological polar surface area (TPSA) is 133 Å². The third-order valence-corrected chi connectivity index (χ3v) is 5.81. The van der Waals surface area contributed by atoms with E-state index in [0.717, 1.165) is 11.2 Å². The number of carbonyl (C=O) groups is 2. The Bertz CT molecular complexity index is 921. The molecule has 0 aliphatic carbocycles. The SMILES string of the molecule is Cc1cc(C2=C(C(=O)[O-])N3C(=O)[C@H]([C@@H](C)O)[C@H]3C2)nn1CCS(C)(=O)=O.[Na+]. The number of carbonyl (C=O) groups excluding carboxylic acids is 2. The molecule has 3 rings (SSSR count). The summed E-state index contributed by atoms with van der Waals surface area (Å²) in [6, 6.07) is 1.24. The number of β-lactam (4-membered cyclic amide) rings is 1. The van der Waals surface area contributed by atoms with Crippen LogP contribution in [0.4, 0.5) is 0 Å². The molecule has 3 atom stereocenters. The smallest absolute Gasteiger partial charge is 0.543 e. The van der Waals surface area contributed by atoms with Gasteiger partial charge in [-0.3, -0.25) is 9.48 Å². The van der Waals surface area contributed by atoms with Crippen molar-refractivity contribution in [3.8, 4) is 0 Å². The summed E-state index contributed by atoms with van der Waals surface area (Å²) < 4.78 is 24.2. The largest absolute Gasteiger partial charge is 1.00 e. The number of aliphatic carboxylic acids is 1. The number of aryl methyl sites for hydroxylation is 2. The van der Waals surface area contributed by atoms with E-state index < -0.39 is 39.8 Å². The standard InChI is InChI=1S/C16H21N3O6S.Na/c1-8-6-11(17-18(8)4-5-26(3,24)25)10-7-12-13(9(2)20)15(21)19(12)14(10)16(22)23;/h6,9,12-13,20H,4-5,7H2,1-3H3,(H,22,23);/q;+1/p-1/t9-,12-,13-;/m1./s1. The summed E-state index contributed by atoms with van der Waals surface area (Å²) in [5.41, 5.74) is 1.21. The molecule has 3 heterocycles. The van der Waals surface area contributed by atoms with Gasteiger partial charge in [-0.05, 0) is 26.3 Å². The number of carboxylic acids is 1. The van der Waals surface area contributed by atoms with Gasteiger partial charge >= 0.3 is 29.6 Å². The van der Waals surface area contributed by atoms with E-state index in [1.165, 1.54) is 11.6 Å². The molecule has 1 aromatic rings. The van der Waals surface area contributed by atoms with Crippen molar-refractivity contribution in [1.82, 2.24) is 14.7 Å². The summed E-state index contributed by atoms with van der Waals surface area (Å²) in [5.74, 6) is -2.63. The molecule has 0 bridgehead atoms. The number of hydrogen-bond acceptors (Lipinski definition) is 7. The average molecular weight is 405 g/mol. The van der Waals surface area contributed by atoms with Crippen LogP contribution in [0.1, 0.15) is 24.7 Å². The second-order valence-corrected chi connectivity index (χ2v) is 9.14. The predicted octanol–water partition coefficient (Wildman–Crippen LogP) is -4.69. The van der Waals surface area contributed by atoms with E-state index in [1.54, 1.807) is 13.0 Å². The second kappa shape index (κ2) is 7.67. The van der Waals surface area contributed by atoms with E-state index in [9.17, 15) is 28.2 Å². The van der Waals surface area contributed by atoms with Crippen LogP contribution in [-0.2, 0) is 26.0 Å². The first-order valence-corrected chi connectivity index (χ1v) is 10.3. The molecule has 0 spiro atoms. The number of rotatable bonds is 6. The Labute approximate surface area is 179 Å². The van der Waals surface area contributed by atoms with Crippen LogP contribution in [0.25, 0.3) is 5.57 Å². The monoisotopic (exact) mass is 405 g/mol. The molecule has 27 heavy (non-hydrogen) atoms. The molecule has 0 aromatic carbocycles. The Morgan fingerprint density at radius 3 is 2.63 bits per heavy atom. The summed E-state index contributed by atoms with van der Waals surface area (Å²) >= 11 is 0. The zero-order chi connectivity index (χ0) is 19.4. The van der Waals surface area contributed by atoms with Crippen molar-refractivity contribution in [2.75, 3.05) is 12.0 Å². The molecular weight excluding hydrogens is 385 g/mol. The second-order valence-electron chi connectivity index (χ2n) is 6.88. The van der Waals surface area contributed by atoms with Crippen molar-refractivity contribution in [2.24, 2.45) is 5.92 Å². The molecule has 11 heteroatoms. The first kappa shape index (κ1) is 22.1. The molecule has 1 amide bonds. The van der Waals surface area contributed by atoms with Crippen molar-refractivity contribution in [1.29, 1.82) is 0 Å². The first-order valence-electron chi connectivity index (χ1n) is 8.19. The number of fused-ring (bicyclic) bond motifs is 1. The van der Waals surface area contributed by atoms with Gasteiger partial charge in [-0.1, -0.05) is 0 Å². The quantitative estimate of drug-likeness (QED) is 0.371.